The molecule has 1 aliphatic rings. The van der Waals surface area contributed by atoms with E-state index in [0.29, 0.717) is 10.6 Å². The van der Waals surface area contributed by atoms with E-state index in [1.165, 1.54) is 12.1 Å². The van der Waals surface area contributed by atoms with E-state index in [0.717, 1.165) is 29.9 Å². The number of hydrogen-bond donors (Lipinski definition) is 2. The lowest BCUT2D eigenvalue weighted by Crippen LogP contribution is -2.19. The Morgan fingerprint density at radius 1 is 0.964 bits per heavy atom. The molecule has 28 heavy (non-hydrogen) atoms. The molecular weight excluding hydrogens is 389 g/mol. The van der Waals surface area contributed by atoms with Gasteiger partial charge >= 0.3 is 12.2 Å². The Balaban J connectivity index is 1.65. The number of anilines is 2. The summed E-state index contributed by atoms with van der Waals surface area (Å²) in [6.45, 7) is 0. The molecule has 3 rings (SSSR count). The number of benzene rings is 2. The molecule has 2 aromatic rings. The van der Waals surface area contributed by atoms with Gasteiger partial charge in [0.05, 0.1) is 16.4 Å². The molecule has 0 saturated heterocycles. The summed E-state index contributed by atoms with van der Waals surface area (Å²) in [6, 6.07) is 10.1. The number of halogens is 3. The highest BCUT2D eigenvalue weighted by atomic mass is 32.2. The lowest BCUT2D eigenvalue weighted by molar-refractivity contribution is -0.137. The van der Waals surface area contributed by atoms with E-state index in [4.69, 9.17) is 0 Å². The molecule has 0 aromatic heterocycles. The average Bonchev–Trinajstić information content (AvgIpc) is 2.68. The first-order valence-electron chi connectivity index (χ1n) is 8.47. The van der Waals surface area contributed by atoms with Crippen LogP contribution in [0.15, 0.2) is 76.6 Å². The number of rotatable bonds is 4. The molecule has 0 fully saturated rings. The first-order chi connectivity index (χ1) is 13.3. The van der Waals surface area contributed by atoms with Crippen molar-refractivity contribution >= 4 is 28.2 Å². The summed E-state index contributed by atoms with van der Waals surface area (Å²) in [4.78, 5) is 13.4. The fraction of sp³-hybridized carbons (Fsp3) is 0.150. The Labute approximate surface area is 162 Å². The van der Waals surface area contributed by atoms with Crippen LogP contribution in [0.1, 0.15) is 18.4 Å². The van der Waals surface area contributed by atoms with Crippen molar-refractivity contribution in [1.82, 2.24) is 0 Å². The number of hydrogen-bond acceptors (Lipinski definition) is 2. The summed E-state index contributed by atoms with van der Waals surface area (Å²) in [5.41, 5.74) is -0.141. The first kappa shape index (κ1) is 19.9. The highest BCUT2D eigenvalue weighted by molar-refractivity contribution is 7.89. The van der Waals surface area contributed by atoms with Crippen LogP contribution in [-0.4, -0.2) is 10.2 Å². The van der Waals surface area contributed by atoms with Crippen molar-refractivity contribution in [1.29, 1.82) is 0 Å². The second-order valence-corrected chi connectivity index (χ2v) is 7.52. The zero-order valence-electron chi connectivity index (χ0n) is 14.6. The minimum atomic E-state index is -4.43. The molecule has 0 spiro atoms. The molecule has 0 heterocycles. The highest BCUT2D eigenvalue weighted by Gasteiger charge is 2.29. The summed E-state index contributed by atoms with van der Waals surface area (Å²) in [5, 5.41) is 5.05. The van der Waals surface area contributed by atoms with Gasteiger partial charge in [0.15, 0.2) is 0 Å². The molecule has 1 aliphatic carbocycles. The second kappa shape index (κ2) is 8.43. The van der Waals surface area contributed by atoms with Crippen LogP contribution in [0.25, 0.3) is 0 Å². The van der Waals surface area contributed by atoms with Crippen molar-refractivity contribution in [3.8, 4) is 0 Å². The van der Waals surface area contributed by atoms with Crippen LogP contribution < -0.4 is 10.6 Å². The topological polar surface area (TPSA) is 58.2 Å². The SMILES string of the molecule is O=C(Nc1ccc(C(F)(F)F)cc1)Nc1cccc(S(=O)C2=CCCC=C2)c1. The van der Waals surface area contributed by atoms with Crippen molar-refractivity contribution in [2.45, 2.75) is 23.9 Å². The van der Waals surface area contributed by atoms with Crippen LogP contribution in [-0.2, 0) is 17.0 Å². The monoisotopic (exact) mass is 406 g/mol. The molecule has 2 N–H and O–H groups in total. The van der Waals surface area contributed by atoms with Gasteiger partial charge in [0.2, 0.25) is 0 Å². The fourth-order valence-corrected chi connectivity index (χ4v) is 3.79. The Hall–Kier alpha value is -2.87. The highest BCUT2D eigenvalue weighted by Crippen LogP contribution is 2.30. The lowest BCUT2D eigenvalue weighted by atomic mass is 10.2. The van der Waals surface area contributed by atoms with Crippen molar-refractivity contribution in [2.24, 2.45) is 0 Å². The zero-order valence-corrected chi connectivity index (χ0v) is 15.4. The van der Waals surface area contributed by atoms with Gasteiger partial charge in [-0.05, 0) is 61.4 Å². The van der Waals surface area contributed by atoms with Gasteiger partial charge < -0.3 is 10.6 Å². The van der Waals surface area contributed by atoms with E-state index in [-0.39, 0.29) is 5.69 Å². The predicted molar refractivity (Wildman–Crippen MR) is 103 cm³/mol. The minimum Gasteiger partial charge on any atom is -0.308 e. The van der Waals surface area contributed by atoms with Crippen LogP contribution in [0, 0.1) is 0 Å². The third kappa shape index (κ3) is 5.10. The molecule has 8 heteroatoms. The Kier molecular flexibility index (Phi) is 5.99. The average molecular weight is 406 g/mol. The number of carbonyl (C=O) groups excluding carboxylic acids is 1. The predicted octanol–water partition coefficient (Wildman–Crippen LogP) is 5.69. The summed E-state index contributed by atoms with van der Waals surface area (Å²) in [7, 11) is -1.35. The number of amides is 2. The van der Waals surface area contributed by atoms with Crippen molar-refractivity contribution in [3.63, 3.8) is 0 Å². The molecule has 0 radical (unpaired) electrons. The maximum atomic E-state index is 12.6. The van der Waals surface area contributed by atoms with Gasteiger partial charge in [-0.2, -0.15) is 13.2 Å². The Morgan fingerprint density at radius 3 is 2.32 bits per heavy atom. The van der Waals surface area contributed by atoms with Gasteiger partial charge in [0, 0.05) is 21.2 Å². The maximum absolute atomic E-state index is 12.6. The fourth-order valence-electron chi connectivity index (χ4n) is 2.59. The van der Waals surface area contributed by atoms with E-state index in [1.54, 1.807) is 24.3 Å². The van der Waals surface area contributed by atoms with Crippen LogP contribution in [0.4, 0.5) is 29.3 Å². The molecule has 0 aliphatic heterocycles. The molecule has 4 nitrogen and oxygen atoms in total. The van der Waals surface area contributed by atoms with Crippen molar-refractivity contribution in [3.05, 3.63) is 77.2 Å². The van der Waals surface area contributed by atoms with Crippen LogP contribution in [0.2, 0.25) is 0 Å². The van der Waals surface area contributed by atoms with Gasteiger partial charge in [-0.25, -0.2) is 9.00 Å². The van der Waals surface area contributed by atoms with E-state index >= 15 is 0 Å². The van der Waals surface area contributed by atoms with Gasteiger partial charge in [-0.1, -0.05) is 18.2 Å². The summed E-state index contributed by atoms with van der Waals surface area (Å²) in [6.07, 6.45) is 3.05. The molecule has 0 saturated carbocycles. The van der Waals surface area contributed by atoms with E-state index in [1.807, 2.05) is 18.2 Å². The maximum Gasteiger partial charge on any atom is 0.416 e. The van der Waals surface area contributed by atoms with Crippen LogP contribution >= 0.6 is 0 Å². The summed E-state index contributed by atoms with van der Waals surface area (Å²) in [5.74, 6) is 0. The Bertz CT molecular complexity index is 951. The molecular formula is C20H17F3N2O2S. The molecule has 0 bridgehead atoms. The van der Waals surface area contributed by atoms with Gasteiger partial charge in [-0.3, -0.25) is 0 Å². The molecule has 1 atom stereocenters. The van der Waals surface area contributed by atoms with Crippen LogP contribution in [0.3, 0.4) is 0 Å². The quantitative estimate of drug-likeness (QED) is 0.685. The minimum absolute atomic E-state index is 0.225. The lowest BCUT2D eigenvalue weighted by Gasteiger charge is -2.11. The Morgan fingerprint density at radius 2 is 1.68 bits per heavy atom. The normalized spacial score (nSPS) is 14.9. The number of carbonyl (C=O) groups is 1. The largest absolute Gasteiger partial charge is 0.416 e. The molecule has 2 aromatic carbocycles. The van der Waals surface area contributed by atoms with Gasteiger partial charge in [0.25, 0.3) is 0 Å². The number of allylic oxidation sites excluding steroid dienone is 3. The second-order valence-electron chi connectivity index (χ2n) is 6.04. The molecule has 2 amide bonds. The third-order valence-corrected chi connectivity index (χ3v) is 5.36. The molecule has 1 unspecified atom stereocenters. The van der Waals surface area contributed by atoms with Crippen LogP contribution in [0.5, 0.6) is 0 Å². The summed E-state index contributed by atoms with van der Waals surface area (Å²) >= 11 is 0. The number of nitrogens with one attached hydrogen (secondary N) is 2. The van der Waals surface area contributed by atoms with Crippen molar-refractivity contribution < 1.29 is 22.2 Å². The van der Waals surface area contributed by atoms with Gasteiger partial charge in [0.1, 0.15) is 0 Å². The number of urea groups is 1. The number of alkyl halides is 3. The smallest absolute Gasteiger partial charge is 0.308 e. The van der Waals surface area contributed by atoms with E-state index in [2.05, 4.69) is 10.6 Å². The first-order valence-corrected chi connectivity index (χ1v) is 9.62. The zero-order chi connectivity index (χ0) is 20.1. The van der Waals surface area contributed by atoms with E-state index in [9.17, 15) is 22.2 Å². The van der Waals surface area contributed by atoms with Crippen molar-refractivity contribution in [2.75, 3.05) is 10.6 Å². The van der Waals surface area contributed by atoms with E-state index < -0.39 is 28.6 Å². The van der Waals surface area contributed by atoms with Gasteiger partial charge in [-0.15, -0.1) is 0 Å². The standard InChI is InChI=1S/C20H17F3N2O2S/c21-20(22,23)14-9-11-15(12-10-14)24-19(26)25-16-5-4-8-18(13-16)28(27)17-6-2-1-3-7-17/h2,4-13H,1,3H2,(H2,24,25,26). The molecule has 146 valence electrons. The summed E-state index contributed by atoms with van der Waals surface area (Å²) < 4.78 is 50.3. The third-order valence-electron chi connectivity index (χ3n) is 3.95.